The lowest BCUT2D eigenvalue weighted by Crippen LogP contribution is -2.34. The number of nitrogens with one attached hydrogen (secondary N) is 1. The maximum absolute atomic E-state index is 12.1. The summed E-state index contributed by atoms with van der Waals surface area (Å²) < 4.78 is 4.19. The monoisotopic (exact) mass is 384 g/mol. The Bertz CT molecular complexity index is 640. The zero-order chi connectivity index (χ0) is 14.5. The summed E-state index contributed by atoms with van der Waals surface area (Å²) in [5.41, 5.74) is 0.358. The third kappa shape index (κ3) is 3.24. The smallest absolute Gasteiger partial charge is 0.320 e. The van der Waals surface area contributed by atoms with Crippen LogP contribution in [0.25, 0.3) is 10.8 Å². The number of carbonyl (C=O) groups excluding carboxylic acids is 2. The number of aromatic nitrogens is 1. The molecule has 20 heavy (non-hydrogen) atoms. The van der Waals surface area contributed by atoms with E-state index in [0.717, 1.165) is 10.8 Å². The standard InChI is InChI=1S/C14H13IN2O3/c1-20-14(19)11(15)8-17-13(18)12-10-5-3-2-4-9(10)6-7-16-12/h2-7,11H,8H2,1H3,(H,17,18). The van der Waals surface area contributed by atoms with Crippen LogP contribution in [0.3, 0.4) is 0 Å². The Balaban J connectivity index is 2.14. The first-order valence-electron chi connectivity index (χ1n) is 5.97. The predicted octanol–water partition coefficient (Wildman–Crippen LogP) is 1.94. The molecule has 0 aliphatic carbocycles. The number of fused-ring (bicyclic) bond motifs is 1. The van der Waals surface area contributed by atoms with Crippen LogP contribution >= 0.6 is 22.6 Å². The summed E-state index contributed by atoms with van der Waals surface area (Å²) in [5, 5.41) is 4.43. The van der Waals surface area contributed by atoms with E-state index in [1.54, 1.807) is 6.20 Å². The van der Waals surface area contributed by atoms with E-state index < -0.39 is 3.92 Å². The first kappa shape index (κ1) is 14.7. The minimum atomic E-state index is -0.420. The maximum atomic E-state index is 12.1. The van der Waals surface area contributed by atoms with Crippen LogP contribution in [0.5, 0.6) is 0 Å². The Morgan fingerprint density at radius 2 is 2.10 bits per heavy atom. The molecular weight excluding hydrogens is 371 g/mol. The number of amides is 1. The van der Waals surface area contributed by atoms with Crippen LogP contribution in [0.15, 0.2) is 36.5 Å². The molecule has 1 N–H and O–H groups in total. The molecule has 0 spiro atoms. The summed E-state index contributed by atoms with van der Waals surface area (Å²) in [6.45, 7) is 0.205. The average molecular weight is 384 g/mol. The predicted molar refractivity (Wildman–Crippen MR) is 83.9 cm³/mol. The van der Waals surface area contributed by atoms with Crippen LogP contribution in [0.1, 0.15) is 10.5 Å². The molecule has 6 heteroatoms. The van der Waals surface area contributed by atoms with Gasteiger partial charge in [-0.15, -0.1) is 0 Å². The van der Waals surface area contributed by atoms with Crippen LogP contribution in [-0.2, 0) is 9.53 Å². The van der Waals surface area contributed by atoms with Crippen molar-refractivity contribution in [3.63, 3.8) is 0 Å². The highest BCUT2D eigenvalue weighted by molar-refractivity contribution is 14.1. The fourth-order valence-electron chi connectivity index (χ4n) is 1.78. The highest BCUT2D eigenvalue weighted by Crippen LogP contribution is 2.16. The summed E-state index contributed by atoms with van der Waals surface area (Å²) in [7, 11) is 1.32. The first-order valence-corrected chi connectivity index (χ1v) is 7.22. The first-order chi connectivity index (χ1) is 9.63. The quantitative estimate of drug-likeness (QED) is 0.497. The van der Waals surface area contributed by atoms with Gasteiger partial charge in [-0.2, -0.15) is 0 Å². The minimum absolute atomic E-state index is 0.205. The van der Waals surface area contributed by atoms with Crippen LogP contribution < -0.4 is 5.32 Å². The molecule has 0 saturated carbocycles. The Hall–Kier alpha value is -1.70. The van der Waals surface area contributed by atoms with E-state index >= 15 is 0 Å². The van der Waals surface area contributed by atoms with E-state index in [-0.39, 0.29) is 18.4 Å². The zero-order valence-electron chi connectivity index (χ0n) is 10.8. The highest BCUT2D eigenvalue weighted by Gasteiger charge is 2.18. The normalized spacial score (nSPS) is 11.9. The van der Waals surface area contributed by atoms with Gasteiger partial charge in [0.1, 0.15) is 9.62 Å². The van der Waals surface area contributed by atoms with Gasteiger partial charge < -0.3 is 10.1 Å². The molecule has 2 aromatic rings. The highest BCUT2D eigenvalue weighted by atomic mass is 127. The lowest BCUT2D eigenvalue weighted by atomic mass is 10.1. The van der Waals surface area contributed by atoms with Crippen LogP contribution in [0.2, 0.25) is 0 Å². The van der Waals surface area contributed by atoms with Crippen molar-refractivity contribution in [2.45, 2.75) is 3.92 Å². The molecule has 1 aromatic heterocycles. The number of pyridine rings is 1. The van der Waals surface area contributed by atoms with Crippen molar-refractivity contribution in [2.75, 3.05) is 13.7 Å². The van der Waals surface area contributed by atoms with Gasteiger partial charge in [-0.1, -0.05) is 46.9 Å². The molecule has 0 aliphatic heterocycles. The number of rotatable bonds is 4. The average Bonchev–Trinajstić information content (AvgIpc) is 2.50. The van der Waals surface area contributed by atoms with Gasteiger partial charge in [0.25, 0.3) is 5.91 Å². The summed E-state index contributed by atoms with van der Waals surface area (Å²) in [4.78, 5) is 27.5. The topological polar surface area (TPSA) is 68.3 Å². The molecule has 1 unspecified atom stereocenters. The van der Waals surface area contributed by atoms with Gasteiger partial charge in [-0.05, 0) is 11.5 Å². The summed E-state index contributed by atoms with van der Waals surface area (Å²) in [6.07, 6.45) is 1.60. The number of hydrogen-bond acceptors (Lipinski definition) is 4. The third-order valence-electron chi connectivity index (χ3n) is 2.79. The van der Waals surface area contributed by atoms with Gasteiger partial charge >= 0.3 is 5.97 Å². The second kappa shape index (κ2) is 6.65. The third-order valence-corrected chi connectivity index (χ3v) is 3.74. The number of nitrogens with zero attached hydrogens (tertiary/aromatic N) is 1. The van der Waals surface area contributed by atoms with Crippen molar-refractivity contribution in [1.82, 2.24) is 10.3 Å². The van der Waals surface area contributed by atoms with Crippen molar-refractivity contribution >= 4 is 45.2 Å². The summed E-state index contributed by atoms with van der Waals surface area (Å²) in [5.74, 6) is -0.663. The maximum Gasteiger partial charge on any atom is 0.320 e. The van der Waals surface area contributed by atoms with Gasteiger partial charge in [0.05, 0.1) is 7.11 Å². The lowest BCUT2D eigenvalue weighted by molar-refractivity contribution is -0.139. The molecule has 0 aliphatic rings. The molecule has 2 rings (SSSR count). The van der Waals surface area contributed by atoms with E-state index in [0.29, 0.717) is 5.69 Å². The number of benzene rings is 1. The van der Waals surface area contributed by atoms with Crippen molar-refractivity contribution < 1.29 is 14.3 Å². The molecule has 0 bridgehead atoms. The van der Waals surface area contributed by atoms with Gasteiger partial charge in [-0.3, -0.25) is 14.6 Å². The number of hydrogen-bond donors (Lipinski definition) is 1. The molecule has 0 saturated heterocycles. The molecule has 1 amide bonds. The van der Waals surface area contributed by atoms with E-state index in [9.17, 15) is 9.59 Å². The number of carbonyl (C=O) groups is 2. The van der Waals surface area contributed by atoms with Gasteiger partial charge in [0.2, 0.25) is 0 Å². The van der Waals surface area contributed by atoms with Crippen molar-refractivity contribution in [2.24, 2.45) is 0 Å². The molecule has 5 nitrogen and oxygen atoms in total. The zero-order valence-corrected chi connectivity index (χ0v) is 13.0. The SMILES string of the molecule is COC(=O)C(I)CNC(=O)c1nccc2ccccc12. The second-order valence-electron chi connectivity index (χ2n) is 4.08. The minimum Gasteiger partial charge on any atom is -0.468 e. The van der Waals surface area contributed by atoms with Crippen LogP contribution in [0.4, 0.5) is 0 Å². The molecule has 104 valence electrons. The van der Waals surface area contributed by atoms with E-state index in [1.807, 2.05) is 52.9 Å². The second-order valence-corrected chi connectivity index (χ2v) is 5.59. The Kier molecular flexibility index (Phi) is 4.89. The van der Waals surface area contributed by atoms with Gasteiger partial charge in [0.15, 0.2) is 0 Å². The number of methoxy groups -OCH3 is 1. The van der Waals surface area contributed by atoms with Gasteiger partial charge in [0, 0.05) is 18.1 Å². The fourth-order valence-corrected chi connectivity index (χ4v) is 2.25. The Morgan fingerprint density at radius 3 is 2.85 bits per heavy atom. The molecule has 1 aromatic carbocycles. The largest absolute Gasteiger partial charge is 0.468 e. The molecule has 0 radical (unpaired) electrons. The Morgan fingerprint density at radius 1 is 1.35 bits per heavy atom. The van der Waals surface area contributed by atoms with Crippen molar-refractivity contribution in [3.05, 3.63) is 42.2 Å². The number of halogens is 1. The van der Waals surface area contributed by atoms with Crippen molar-refractivity contribution in [3.8, 4) is 0 Å². The summed E-state index contributed by atoms with van der Waals surface area (Å²) in [6, 6.07) is 9.38. The number of ether oxygens (including phenoxy) is 1. The van der Waals surface area contributed by atoms with Crippen LogP contribution in [-0.4, -0.2) is 34.4 Å². The van der Waals surface area contributed by atoms with Crippen LogP contribution in [0, 0.1) is 0 Å². The fraction of sp³-hybridized carbons (Fsp3) is 0.214. The van der Waals surface area contributed by atoms with E-state index in [4.69, 9.17) is 0 Å². The number of alkyl halides is 1. The molecule has 1 heterocycles. The van der Waals surface area contributed by atoms with E-state index in [2.05, 4.69) is 15.0 Å². The Labute approximate surface area is 129 Å². The number of esters is 1. The molecule has 0 fully saturated rings. The summed E-state index contributed by atoms with van der Waals surface area (Å²) >= 11 is 1.93. The van der Waals surface area contributed by atoms with E-state index in [1.165, 1.54) is 7.11 Å². The van der Waals surface area contributed by atoms with Gasteiger partial charge in [-0.25, -0.2) is 0 Å². The molecule has 1 atom stereocenters. The lowest BCUT2D eigenvalue weighted by Gasteiger charge is -2.10. The van der Waals surface area contributed by atoms with Crippen molar-refractivity contribution in [1.29, 1.82) is 0 Å². The molecular formula is C14H13IN2O3.